The molecule has 10 nitrogen and oxygen atoms in total. The molecular formula is C21H21N3O7S2. The lowest BCUT2D eigenvalue weighted by molar-refractivity contribution is -0.385. The van der Waals surface area contributed by atoms with Crippen LogP contribution >= 0.6 is 0 Å². The van der Waals surface area contributed by atoms with E-state index in [0.29, 0.717) is 11.3 Å². The van der Waals surface area contributed by atoms with E-state index in [4.69, 9.17) is 4.74 Å². The SMILES string of the molecule is COc1ccccc1NS(=O)(=O)c1cc(NS(=O)(=O)c2cccc([N+](=O)[O-])c2C)ccc1C. The second-order valence-electron chi connectivity index (χ2n) is 7.05. The highest BCUT2D eigenvalue weighted by Gasteiger charge is 2.24. The molecule has 12 heteroatoms. The monoisotopic (exact) mass is 491 g/mol. The van der Waals surface area contributed by atoms with Gasteiger partial charge in [-0.2, -0.15) is 0 Å². The molecule has 0 unspecified atom stereocenters. The molecule has 0 aliphatic rings. The first-order valence-electron chi connectivity index (χ1n) is 9.49. The summed E-state index contributed by atoms with van der Waals surface area (Å²) in [6, 6.07) is 14.2. The van der Waals surface area contributed by atoms with Gasteiger partial charge in [0.25, 0.3) is 25.7 Å². The van der Waals surface area contributed by atoms with Crippen molar-refractivity contribution in [3.05, 3.63) is 81.9 Å². The van der Waals surface area contributed by atoms with Crippen molar-refractivity contribution in [2.75, 3.05) is 16.6 Å². The molecule has 33 heavy (non-hydrogen) atoms. The van der Waals surface area contributed by atoms with Crippen LogP contribution in [-0.4, -0.2) is 28.9 Å². The fraction of sp³-hybridized carbons (Fsp3) is 0.143. The van der Waals surface area contributed by atoms with Crippen molar-refractivity contribution < 1.29 is 26.5 Å². The van der Waals surface area contributed by atoms with Crippen molar-refractivity contribution in [2.45, 2.75) is 23.6 Å². The lowest BCUT2D eigenvalue weighted by Gasteiger charge is -2.15. The molecule has 0 spiro atoms. The summed E-state index contributed by atoms with van der Waals surface area (Å²) in [5.74, 6) is 0.316. The highest BCUT2D eigenvalue weighted by atomic mass is 32.2. The maximum Gasteiger partial charge on any atom is 0.273 e. The van der Waals surface area contributed by atoms with Crippen LogP contribution in [0, 0.1) is 24.0 Å². The zero-order chi connectivity index (χ0) is 24.4. The van der Waals surface area contributed by atoms with Crippen LogP contribution < -0.4 is 14.2 Å². The van der Waals surface area contributed by atoms with Gasteiger partial charge in [0.2, 0.25) is 0 Å². The van der Waals surface area contributed by atoms with Crippen LogP contribution in [-0.2, 0) is 20.0 Å². The minimum absolute atomic E-state index is 0.0214. The summed E-state index contributed by atoms with van der Waals surface area (Å²) in [6.45, 7) is 2.90. The standard InChI is InChI=1S/C21H21N3O7S2/c1-14-11-12-16(22-32(27,28)20-10-6-8-18(15(20)2)24(25)26)13-21(14)33(29,30)23-17-7-4-5-9-19(17)31-3/h4-13,22-23H,1-3H3. The third kappa shape index (κ3) is 5.07. The van der Waals surface area contributed by atoms with Gasteiger partial charge in [-0.15, -0.1) is 0 Å². The molecule has 3 aromatic rings. The van der Waals surface area contributed by atoms with Gasteiger partial charge in [0.15, 0.2) is 0 Å². The van der Waals surface area contributed by atoms with Crippen molar-refractivity contribution in [3.8, 4) is 5.75 Å². The molecule has 0 amide bonds. The number of nitro groups is 1. The summed E-state index contributed by atoms with van der Waals surface area (Å²) >= 11 is 0. The number of benzene rings is 3. The number of ether oxygens (including phenoxy) is 1. The Morgan fingerprint density at radius 1 is 0.848 bits per heavy atom. The van der Waals surface area contributed by atoms with Gasteiger partial charge in [-0.05, 0) is 49.7 Å². The van der Waals surface area contributed by atoms with E-state index in [2.05, 4.69) is 9.44 Å². The number of para-hydroxylation sites is 2. The normalized spacial score (nSPS) is 11.6. The Kier molecular flexibility index (Phi) is 6.60. The molecule has 0 bridgehead atoms. The lowest BCUT2D eigenvalue weighted by atomic mass is 10.2. The summed E-state index contributed by atoms with van der Waals surface area (Å²) in [4.78, 5) is 10.1. The van der Waals surface area contributed by atoms with Gasteiger partial charge in [-0.3, -0.25) is 19.6 Å². The maximum absolute atomic E-state index is 13.0. The molecular weight excluding hydrogens is 470 g/mol. The van der Waals surface area contributed by atoms with E-state index >= 15 is 0 Å². The third-order valence-electron chi connectivity index (χ3n) is 4.82. The summed E-state index contributed by atoms with van der Waals surface area (Å²) in [6.07, 6.45) is 0. The number of anilines is 2. The molecule has 174 valence electrons. The van der Waals surface area contributed by atoms with E-state index in [1.165, 1.54) is 56.5 Å². The largest absolute Gasteiger partial charge is 0.495 e. The molecule has 0 radical (unpaired) electrons. The molecule has 0 heterocycles. The van der Waals surface area contributed by atoms with Crippen molar-refractivity contribution >= 4 is 37.1 Å². The Bertz CT molecular complexity index is 1440. The van der Waals surface area contributed by atoms with Crippen LogP contribution in [0.2, 0.25) is 0 Å². The predicted molar refractivity (Wildman–Crippen MR) is 124 cm³/mol. The minimum atomic E-state index is -4.23. The fourth-order valence-corrected chi connectivity index (χ4v) is 5.84. The molecule has 0 aliphatic heterocycles. The van der Waals surface area contributed by atoms with Gasteiger partial charge in [0.1, 0.15) is 5.75 Å². The Balaban J connectivity index is 1.98. The van der Waals surface area contributed by atoms with Crippen LogP contribution in [0.1, 0.15) is 11.1 Å². The van der Waals surface area contributed by atoms with Gasteiger partial charge in [-0.1, -0.05) is 24.3 Å². The Hall–Kier alpha value is -3.64. The van der Waals surface area contributed by atoms with Gasteiger partial charge in [-0.25, -0.2) is 16.8 Å². The maximum atomic E-state index is 13.0. The first-order chi connectivity index (χ1) is 15.5. The number of nitrogens with one attached hydrogen (secondary N) is 2. The summed E-state index contributed by atoms with van der Waals surface area (Å²) in [5, 5.41) is 11.2. The van der Waals surface area contributed by atoms with E-state index in [0.717, 1.165) is 0 Å². The topological polar surface area (TPSA) is 145 Å². The van der Waals surface area contributed by atoms with Crippen LogP contribution in [0.4, 0.5) is 17.1 Å². The lowest BCUT2D eigenvalue weighted by Crippen LogP contribution is -2.17. The van der Waals surface area contributed by atoms with Gasteiger partial charge < -0.3 is 4.74 Å². The third-order valence-corrected chi connectivity index (χ3v) is 7.86. The number of sulfonamides is 2. The number of nitrogens with zero attached hydrogens (tertiary/aromatic N) is 1. The number of aryl methyl sites for hydroxylation is 1. The van der Waals surface area contributed by atoms with E-state index in [9.17, 15) is 26.9 Å². The molecule has 0 aromatic heterocycles. The zero-order valence-corrected chi connectivity index (χ0v) is 19.5. The van der Waals surface area contributed by atoms with Crippen LogP contribution in [0.15, 0.2) is 70.5 Å². The van der Waals surface area contributed by atoms with Crippen LogP contribution in [0.3, 0.4) is 0 Å². The first-order valence-corrected chi connectivity index (χ1v) is 12.5. The summed E-state index contributed by atoms with van der Waals surface area (Å²) in [7, 11) is -6.93. The number of hydrogen-bond donors (Lipinski definition) is 2. The molecule has 0 saturated carbocycles. The van der Waals surface area contributed by atoms with Crippen molar-refractivity contribution in [3.63, 3.8) is 0 Å². The van der Waals surface area contributed by atoms with E-state index in [-0.39, 0.29) is 32.4 Å². The Morgan fingerprint density at radius 3 is 2.18 bits per heavy atom. The highest BCUT2D eigenvalue weighted by molar-refractivity contribution is 7.93. The van der Waals surface area contributed by atoms with Crippen molar-refractivity contribution in [2.24, 2.45) is 0 Å². The van der Waals surface area contributed by atoms with Gasteiger partial charge in [0.05, 0.1) is 33.2 Å². The minimum Gasteiger partial charge on any atom is -0.495 e. The molecule has 0 aliphatic carbocycles. The second-order valence-corrected chi connectivity index (χ2v) is 10.4. The molecule has 0 atom stereocenters. The zero-order valence-electron chi connectivity index (χ0n) is 17.9. The molecule has 0 saturated heterocycles. The van der Waals surface area contributed by atoms with E-state index in [1.807, 2.05) is 0 Å². The van der Waals surface area contributed by atoms with Crippen LogP contribution in [0.25, 0.3) is 0 Å². The van der Waals surface area contributed by atoms with E-state index in [1.54, 1.807) is 25.1 Å². The average Bonchev–Trinajstić information content (AvgIpc) is 2.74. The van der Waals surface area contributed by atoms with Gasteiger partial charge >= 0.3 is 0 Å². The van der Waals surface area contributed by atoms with Crippen molar-refractivity contribution in [1.29, 1.82) is 0 Å². The molecule has 2 N–H and O–H groups in total. The molecule has 3 aromatic carbocycles. The Labute approximate surface area is 191 Å². The Morgan fingerprint density at radius 2 is 1.52 bits per heavy atom. The molecule has 0 fully saturated rings. The summed E-state index contributed by atoms with van der Waals surface area (Å²) in [5.41, 5.74) is 0.204. The predicted octanol–water partition coefficient (Wildman–Crippen LogP) is 3.82. The number of rotatable bonds is 8. The van der Waals surface area contributed by atoms with Crippen LogP contribution in [0.5, 0.6) is 5.75 Å². The number of methoxy groups -OCH3 is 1. The second kappa shape index (κ2) is 9.08. The number of nitro benzene ring substituents is 1. The van der Waals surface area contributed by atoms with E-state index < -0.39 is 25.0 Å². The quantitative estimate of drug-likeness (QED) is 0.360. The summed E-state index contributed by atoms with van der Waals surface area (Å²) < 4.78 is 61.8. The average molecular weight is 492 g/mol. The molecule has 3 rings (SSSR count). The fourth-order valence-electron chi connectivity index (χ4n) is 3.18. The van der Waals surface area contributed by atoms with Crippen molar-refractivity contribution in [1.82, 2.24) is 0 Å². The highest BCUT2D eigenvalue weighted by Crippen LogP contribution is 2.30. The first kappa shape index (κ1) is 24.0. The van der Waals surface area contributed by atoms with Gasteiger partial charge in [0, 0.05) is 11.6 Å². The smallest absolute Gasteiger partial charge is 0.273 e. The number of hydrogen-bond acceptors (Lipinski definition) is 7.